The lowest BCUT2D eigenvalue weighted by atomic mass is 10.1. The van der Waals surface area contributed by atoms with Crippen LogP contribution in [0.15, 0.2) is 53.4 Å². The second kappa shape index (κ2) is 8.99. The Morgan fingerprint density at radius 2 is 1.73 bits per heavy atom. The second-order valence-corrected chi connectivity index (χ2v) is 7.66. The molecule has 1 heterocycles. The maximum absolute atomic E-state index is 12.5. The van der Waals surface area contributed by atoms with Gasteiger partial charge in [-0.15, -0.1) is 11.8 Å². The van der Waals surface area contributed by atoms with Crippen LogP contribution in [-0.4, -0.2) is 47.8 Å². The van der Waals surface area contributed by atoms with E-state index in [1.165, 1.54) is 17.0 Å². The van der Waals surface area contributed by atoms with Crippen molar-refractivity contribution >= 4 is 23.4 Å². The minimum Gasteiger partial charge on any atom is -0.508 e. The maximum atomic E-state index is 12.5. The second-order valence-electron chi connectivity index (χ2n) is 6.53. The van der Waals surface area contributed by atoms with E-state index in [-0.39, 0.29) is 11.7 Å². The van der Waals surface area contributed by atoms with Crippen molar-refractivity contribution in [3.05, 3.63) is 54.1 Å². The lowest BCUT2D eigenvalue weighted by molar-refractivity contribution is -0.130. The molecule has 1 saturated heterocycles. The molecule has 0 radical (unpaired) electrons. The zero-order chi connectivity index (χ0) is 18.4. The van der Waals surface area contributed by atoms with Gasteiger partial charge in [0.1, 0.15) is 5.75 Å². The summed E-state index contributed by atoms with van der Waals surface area (Å²) in [4.78, 5) is 18.2. The highest BCUT2D eigenvalue weighted by Crippen LogP contribution is 2.31. The molecule has 26 heavy (non-hydrogen) atoms. The third-order valence-electron chi connectivity index (χ3n) is 4.59. The Morgan fingerprint density at radius 1 is 1.04 bits per heavy atom. The molecule has 3 rings (SSSR count). The molecule has 4 nitrogen and oxygen atoms in total. The fourth-order valence-corrected chi connectivity index (χ4v) is 4.09. The summed E-state index contributed by atoms with van der Waals surface area (Å²) in [5, 5.41) is 9.35. The fourth-order valence-electron chi connectivity index (χ4n) is 3.15. The first-order valence-corrected chi connectivity index (χ1v) is 10.2. The number of anilines is 1. The van der Waals surface area contributed by atoms with Gasteiger partial charge in [-0.3, -0.25) is 4.79 Å². The van der Waals surface area contributed by atoms with E-state index in [0.29, 0.717) is 6.42 Å². The Balaban J connectivity index is 1.57. The van der Waals surface area contributed by atoms with Crippen molar-refractivity contribution in [3.63, 3.8) is 0 Å². The quantitative estimate of drug-likeness (QED) is 0.786. The monoisotopic (exact) mass is 370 g/mol. The number of hydrogen-bond donors (Lipinski definition) is 1. The van der Waals surface area contributed by atoms with Crippen molar-refractivity contribution < 1.29 is 9.90 Å². The minimum absolute atomic E-state index is 0.156. The first-order valence-electron chi connectivity index (χ1n) is 9.20. The summed E-state index contributed by atoms with van der Waals surface area (Å²) in [6.45, 7) is 5.44. The summed E-state index contributed by atoms with van der Waals surface area (Å²) in [6, 6.07) is 15.4. The lowest BCUT2D eigenvalue weighted by Gasteiger charge is -2.37. The van der Waals surface area contributed by atoms with Crippen LogP contribution >= 0.6 is 11.8 Å². The molecular weight excluding hydrogens is 344 g/mol. The summed E-state index contributed by atoms with van der Waals surface area (Å²) in [5.74, 6) is 1.51. The predicted molar refractivity (Wildman–Crippen MR) is 108 cm³/mol. The molecule has 1 amide bonds. The smallest absolute Gasteiger partial charge is 0.227 e. The van der Waals surface area contributed by atoms with Gasteiger partial charge in [-0.25, -0.2) is 0 Å². The van der Waals surface area contributed by atoms with Gasteiger partial charge in [0.2, 0.25) is 5.91 Å². The molecule has 0 aliphatic carbocycles. The van der Waals surface area contributed by atoms with Crippen molar-refractivity contribution in [2.24, 2.45) is 0 Å². The van der Waals surface area contributed by atoms with Gasteiger partial charge in [-0.2, -0.15) is 0 Å². The summed E-state index contributed by atoms with van der Waals surface area (Å²) < 4.78 is 0. The van der Waals surface area contributed by atoms with Crippen LogP contribution in [0.2, 0.25) is 0 Å². The van der Waals surface area contributed by atoms with Crippen LogP contribution in [0.25, 0.3) is 0 Å². The number of para-hydroxylation sites is 1. The van der Waals surface area contributed by atoms with Gasteiger partial charge in [0.05, 0.1) is 12.1 Å². The fraction of sp³-hybridized carbons (Fsp3) is 0.381. The van der Waals surface area contributed by atoms with E-state index in [2.05, 4.69) is 36.1 Å². The molecule has 5 heteroatoms. The molecule has 1 N–H and O–H groups in total. The summed E-state index contributed by atoms with van der Waals surface area (Å²) in [5.41, 5.74) is 2.23. The molecule has 1 aliphatic rings. The molecule has 138 valence electrons. The van der Waals surface area contributed by atoms with Crippen molar-refractivity contribution in [1.82, 2.24) is 4.90 Å². The van der Waals surface area contributed by atoms with Crippen molar-refractivity contribution in [1.29, 1.82) is 0 Å². The van der Waals surface area contributed by atoms with Gasteiger partial charge in [-0.05, 0) is 42.0 Å². The number of thioether (sulfide) groups is 1. The van der Waals surface area contributed by atoms with Gasteiger partial charge < -0.3 is 14.9 Å². The number of phenols is 1. The number of benzene rings is 2. The first-order chi connectivity index (χ1) is 12.7. The summed E-state index contributed by atoms with van der Waals surface area (Å²) in [7, 11) is 0. The molecule has 0 atom stereocenters. The van der Waals surface area contributed by atoms with E-state index < -0.39 is 0 Å². The van der Waals surface area contributed by atoms with Gasteiger partial charge >= 0.3 is 0 Å². The van der Waals surface area contributed by atoms with Crippen LogP contribution in [-0.2, 0) is 11.2 Å². The zero-order valence-electron chi connectivity index (χ0n) is 15.2. The number of carbonyl (C=O) groups excluding carboxylic acids is 1. The highest BCUT2D eigenvalue weighted by Gasteiger charge is 2.22. The van der Waals surface area contributed by atoms with Crippen LogP contribution in [0.1, 0.15) is 18.9 Å². The normalized spacial score (nSPS) is 14.5. The standard InChI is InChI=1S/C21H26N2O2S/c1-2-15-26-20-6-4-3-5-19(20)22-11-13-23(14-12-22)21(25)16-17-7-9-18(24)10-8-17/h3-10,24H,2,11-16H2,1H3. The largest absolute Gasteiger partial charge is 0.508 e. The minimum atomic E-state index is 0.156. The Kier molecular flexibility index (Phi) is 6.45. The number of piperazine rings is 1. The molecule has 0 aromatic heterocycles. The van der Waals surface area contributed by atoms with Crippen molar-refractivity contribution in [2.45, 2.75) is 24.7 Å². The van der Waals surface area contributed by atoms with E-state index >= 15 is 0 Å². The summed E-state index contributed by atoms with van der Waals surface area (Å²) >= 11 is 1.91. The van der Waals surface area contributed by atoms with Crippen LogP contribution in [0, 0.1) is 0 Å². The van der Waals surface area contributed by atoms with E-state index in [0.717, 1.165) is 37.5 Å². The van der Waals surface area contributed by atoms with Gasteiger partial charge in [0.15, 0.2) is 0 Å². The first kappa shape index (κ1) is 18.6. The van der Waals surface area contributed by atoms with Crippen LogP contribution in [0.5, 0.6) is 5.75 Å². The number of hydrogen-bond acceptors (Lipinski definition) is 4. The number of rotatable bonds is 6. The van der Waals surface area contributed by atoms with Gasteiger partial charge in [-0.1, -0.05) is 31.2 Å². The number of phenolic OH excluding ortho intramolecular Hbond substituents is 1. The number of amides is 1. The number of nitrogens with zero attached hydrogens (tertiary/aromatic N) is 2. The zero-order valence-corrected chi connectivity index (χ0v) is 16.0. The van der Waals surface area contributed by atoms with Gasteiger partial charge in [0, 0.05) is 31.1 Å². The van der Waals surface area contributed by atoms with E-state index in [1.807, 2.05) is 28.8 Å². The molecule has 0 spiro atoms. The highest BCUT2D eigenvalue weighted by molar-refractivity contribution is 7.99. The summed E-state index contributed by atoms with van der Waals surface area (Å²) in [6.07, 6.45) is 1.56. The third-order valence-corrected chi connectivity index (χ3v) is 5.86. The number of aromatic hydroxyl groups is 1. The Bertz CT molecular complexity index is 725. The average Bonchev–Trinajstić information content (AvgIpc) is 2.68. The van der Waals surface area contributed by atoms with E-state index in [1.54, 1.807) is 12.1 Å². The Morgan fingerprint density at radius 3 is 2.42 bits per heavy atom. The molecule has 0 unspecified atom stereocenters. The Labute approximate surface area is 159 Å². The third kappa shape index (κ3) is 4.73. The number of carbonyl (C=O) groups is 1. The molecule has 1 fully saturated rings. The molecule has 2 aromatic rings. The van der Waals surface area contributed by atoms with Gasteiger partial charge in [0.25, 0.3) is 0 Å². The molecular formula is C21H26N2O2S. The van der Waals surface area contributed by atoms with Crippen molar-refractivity contribution in [2.75, 3.05) is 36.8 Å². The molecule has 0 saturated carbocycles. The van der Waals surface area contributed by atoms with E-state index in [4.69, 9.17) is 0 Å². The topological polar surface area (TPSA) is 43.8 Å². The maximum Gasteiger partial charge on any atom is 0.227 e. The highest BCUT2D eigenvalue weighted by atomic mass is 32.2. The molecule has 0 bridgehead atoms. The van der Waals surface area contributed by atoms with Crippen LogP contribution in [0.3, 0.4) is 0 Å². The lowest BCUT2D eigenvalue weighted by Crippen LogP contribution is -2.49. The van der Waals surface area contributed by atoms with E-state index in [9.17, 15) is 9.90 Å². The predicted octanol–water partition coefficient (Wildman–Crippen LogP) is 3.79. The molecule has 2 aromatic carbocycles. The van der Waals surface area contributed by atoms with Crippen molar-refractivity contribution in [3.8, 4) is 5.75 Å². The average molecular weight is 371 g/mol. The Hall–Kier alpha value is -2.14. The van der Waals surface area contributed by atoms with Crippen LogP contribution in [0.4, 0.5) is 5.69 Å². The molecule has 1 aliphatic heterocycles. The SMILES string of the molecule is CCCSc1ccccc1N1CCN(C(=O)Cc2ccc(O)cc2)CC1. The van der Waals surface area contributed by atoms with Crippen LogP contribution < -0.4 is 4.90 Å².